The number of halogens is 1. The predicted octanol–water partition coefficient (Wildman–Crippen LogP) is 5.89. The van der Waals surface area contributed by atoms with Crippen LogP contribution in [0, 0.1) is 25.6 Å². The van der Waals surface area contributed by atoms with Crippen LogP contribution in [-0.2, 0) is 0 Å². The maximum absolute atomic E-state index is 14.1. The van der Waals surface area contributed by atoms with Crippen molar-refractivity contribution in [2.24, 2.45) is 5.92 Å². The van der Waals surface area contributed by atoms with E-state index in [9.17, 15) is 18.8 Å². The monoisotopic (exact) mass is 531 g/mol. The van der Waals surface area contributed by atoms with Gasteiger partial charge in [0.05, 0.1) is 21.8 Å². The molecular weight excluding hydrogens is 501 g/mol. The normalized spacial score (nSPS) is 12.1. The number of aromatic nitrogens is 2. The first-order valence-corrected chi connectivity index (χ1v) is 13.3. The minimum absolute atomic E-state index is 0.111. The van der Waals surface area contributed by atoms with Crippen molar-refractivity contribution in [1.82, 2.24) is 14.9 Å². The van der Waals surface area contributed by atoms with Crippen LogP contribution in [0.5, 0.6) is 0 Å². The van der Waals surface area contributed by atoms with Gasteiger partial charge in [0.15, 0.2) is 10.9 Å². The highest BCUT2D eigenvalue weighted by Gasteiger charge is 2.22. The van der Waals surface area contributed by atoms with E-state index in [4.69, 9.17) is 4.98 Å². The molecule has 8 heteroatoms. The molecule has 0 fully saturated rings. The first kappa shape index (κ1) is 27.3. The van der Waals surface area contributed by atoms with Gasteiger partial charge < -0.3 is 5.32 Å². The van der Waals surface area contributed by atoms with Crippen molar-refractivity contribution in [3.63, 3.8) is 0 Å². The Morgan fingerprint density at radius 3 is 2.39 bits per heavy atom. The van der Waals surface area contributed by atoms with Crippen LogP contribution >= 0.6 is 11.8 Å². The summed E-state index contributed by atoms with van der Waals surface area (Å²) in [6, 6.07) is 15.9. The lowest BCUT2D eigenvalue weighted by Gasteiger charge is -2.17. The van der Waals surface area contributed by atoms with E-state index < -0.39 is 16.6 Å². The second-order valence-corrected chi connectivity index (χ2v) is 11.1. The smallest absolute Gasteiger partial charge is 0.266 e. The Morgan fingerprint density at radius 2 is 1.71 bits per heavy atom. The third kappa shape index (κ3) is 5.86. The van der Waals surface area contributed by atoms with Crippen LogP contribution in [-0.4, -0.2) is 33.0 Å². The van der Waals surface area contributed by atoms with Crippen LogP contribution in [0.4, 0.5) is 4.39 Å². The summed E-state index contributed by atoms with van der Waals surface area (Å²) < 4.78 is 15.5. The second kappa shape index (κ2) is 11.3. The minimum Gasteiger partial charge on any atom is -0.352 e. The van der Waals surface area contributed by atoms with Gasteiger partial charge in [-0.2, -0.15) is 0 Å². The van der Waals surface area contributed by atoms with E-state index in [0.29, 0.717) is 28.9 Å². The Kier molecular flexibility index (Phi) is 8.11. The number of fused-ring (bicyclic) bond motifs is 1. The SMILES string of the molecule is Cc1ccc(C(=O)[C@H](C)Sc2nc3cc(C(=O)NCC(C)C)ccc3c(=O)n2-c2cccc(F)c2)cc1C. The number of hydrogen-bond donors (Lipinski definition) is 1. The molecule has 0 saturated carbocycles. The van der Waals surface area contributed by atoms with Crippen molar-refractivity contribution in [2.45, 2.75) is 45.0 Å². The lowest BCUT2D eigenvalue weighted by molar-refractivity contribution is 0.0948. The van der Waals surface area contributed by atoms with Crippen molar-refractivity contribution in [2.75, 3.05) is 6.54 Å². The topological polar surface area (TPSA) is 81.1 Å². The van der Waals surface area contributed by atoms with E-state index in [1.807, 2.05) is 39.8 Å². The van der Waals surface area contributed by atoms with Gasteiger partial charge in [-0.05, 0) is 80.3 Å². The third-order valence-electron chi connectivity index (χ3n) is 6.28. The molecule has 196 valence electrons. The van der Waals surface area contributed by atoms with Crippen molar-refractivity contribution in [3.05, 3.63) is 99.1 Å². The number of benzene rings is 3. The van der Waals surface area contributed by atoms with Gasteiger partial charge in [-0.3, -0.25) is 19.0 Å². The lowest BCUT2D eigenvalue weighted by Crippen LogP contribution is -2.27. The quantitative estimate of drug-likeness (QED) is 0.174. The fraction of sp³-hybridized carbons (Fsp3) is 0.267. The molecule has 0 bridgehead atoms. The van der Waals surface area contributed by atoms with E-state index >= 15 is 0 Å². The molecule has 0 aliphatic carbocycles. The summed E-state index contributed by atoms with van der Waals surface area (Å²) in [4.78, 5) is 44.3. The number of nitrogens with one attached hydrogen (secondary N) is 1. The maximum Gasteiger partial charge on any atom is 0.266 e. The molecule has 3 aromatic carbocycles. The van der Waals surface area contributed by atoms with E-state index in [1.165, 1.54) is 22.8 Å². The zero-order valence-electron chi connectivity index (χ0n) is 22.0. The summed E-state index contributed by atoms with van der Waals surface area (Å²) in [5, 5.41) is 2.80. The van der Waals surface area contributed by atoms with Crippen LogP contribution in [0.25, 0.3) is 16.6 Å². The highest BCUT2D eigenvalue weighted by Crippen LogP contribution is 2.28. The molecule has 6 nitrogen and oxygen atoms in total. The number of amides is 1. The molecule has 38 heavy (non-hydrogen) atoms. The molecule has 0 unspecified atom stereocenters. The number of thioether (sulfide) groups is 1. The first-order valence-electron chi connectivity index (χ1n) is 12.4. The molecule has 0 aliphatic heterocycles. The average Bonchev–Trinajstić information content (AvgIpc) is 2.88. The van der Waals surface area contributed by atoms with Crippen LogP contribution in [0.2, 0.25) is 0 Å². The zero-order chi connectivity index (χ0) is 27.6. The van der Waals surface area contributed by atoms with Gasteiger partial charge in [-0.15, -0.1) is 0 Å². The van der Waals surface area contributed by atoms with Gasteiger partial charge >= 0.3 is 0 Å². The van der Waals surface area contributed by atoms with Crippen LogP contribution in [0.3, 0.4) is 0 Å². The van der Waals surface area contributed by atoms with Crippen LogP contribution in [0.1, 0.15) is 52.6 Å². The third-order valence-corrected chi connectivity index (χ3v) is 7.33. The molecule has 4 rings (SSSR count). The van der Waals surface area contributed by atoms with Gasteiger partial charge in [0.2, 0.25) is 0 Å². The summed E-state index contributed by atoms with van der Waals surface area (Å²) in [5.74, 6) is -0.582. The number of carbonyl (C=O) groups is 2. The lowest BCUT2D eigenvalue weighted by atomic mass is 10.0. The van der Waals surface area contributed by atoms with E-state index in [-0.39, 0.29) is 28.2 Å². The van der Waals surface area contributed by atoms with Gasteiger partial charge in [-0.1, -0.05) is 43.8 Å². The number of rotatable bonds is 8. The Balaban J connectivity index is 1.80. The standard InChI is InChI=1S/C30H30FN3O3S/c1-17(2)16-32-28(36)22-11-12-25-26(14-22)33-30(34(29(25)37)24-8-6-7-23(31)15-24)38-20(5)27(35)21-10-9-18(3)19(4)13-21/h6-15,17,20H,16H2,1-5H3,(H,32,36)/t20-/m0/s1. The molecule has 4 aromatic rings. The molecule has 1 amide bonds. The molecular formula is C30H30FN3O3S. The zero-order valence-corrected chi connectivity index (χ0v) is 22.9. The molecule has 0 spiro atoms. The Hall–Kier alpha value is -3.78. The largest absolute Gasteiger partial charge is 0.352 e. The molecule has 0 saturated heterocycles. The first-order chi connectivity index (χ1) is 18.0. The van der Waals surface area contributed by atoms with Gasteiger partial charge in [0.1, 0.15) is 5.82 Å². The summed E-state index contributed by atoms with van der Waals surface area (Å²) in [5.41, 5.74) is 3.26. The minimum atomic E-state index is -0.584. The predicted molar refractivity (Wildman–Crippen MR) is 150 cm³/mol. The number of aryl methyl sites for hydroxylation is 2. The van der Waals surface area contributed by atoms with Crippen molar-refractivity contribution in [3.8, 4) is 5.69 Å². The summed E-state index contributed by atoms with van der Waals surface area (Å²) in [6.45, 7) is 10.2. The van der Waals surface area contributed by atoms with Crippen molar-refractivity contribution < 1.29 is 14.0 Å². The molecule has 1 aromatic heterocycles. The highest BCUT2D eigenvalue weighted by atomic mass is 32.2. The summed E-state index contributed by atoms with van der Waals surface area (Å²) >= 11 is 1.12. The second-order valence-electron chi connectivity index (χ2n) is 9.77. The molecule has 0 radical (unpaired) electrons. The summed E-state index contributed by atoms with van der Waals surface area (Å²) in [7, 11) is 0. The van der Waals surface area contributed by atoms with Gasteiger partial charge in [0, 0.05) is 17.7 Å². The average molecular weight is 532 g/mol. The maximum atomic E-state index is 14.1. The Morgan fingerprint density at radius 1 is 0.974 bits per heavy atom. The number of nitrogens with zero attached hydrogens (tertiary/aromatic N) is 2. The van der Waals surface area contributed by atoms with E-state index in [1.54, 1.807) is 37.3 Å². The number of Topliss-reactive ketones (excluding diaryl/α,β-unsaturated/α-hetero) is 1. The van der Waals surface area contributed by atoms with Crippen molar-refractivity contribution >= 4 is 34.4 Å². The highest BCUT2D eigenvalue weighted by molar-refractivity contribution is 8.00. The van der Waals surface area contributed by atoms with E-state index in [0.717, 1.165) is 22.9 Å². The number of ketones is 1. The Labute approximate surface area is 225 Å². The molecule has 1 heterocycles. The van der Waals surface area contributed by atoms with Crippen molar-refractivity contribution in [1.29, 1.82) is 0 Å². The fourth-order valence-electron chi connectivity index (χ4n) is 3.97. The number of hydrogen-bond acceptors (Lipinski definition) is 5. The van der Waals surface area contributed by atoms with Crippen LogP contribution in [0.15, 0.2) is 70.6 Å². The number of carbonyl (C=O) groups excluding carboxylic acids is 2. The van der Waals surface area contributed by atoms with Crippen LogP contribution < -0.4 is 10.9 Å². The molecule has 1 atom stereocenters. The van der Waals surface area contributed by atoms with E-state index in [2.05, 4.69) is 5.32 Å². The summed E-state index contributed by atoms with van der Waals surface area (Å²) in [6.07, 6.45) is 0. The molecule has 0 aliphatic rings. The van der Waals surface area contributed by atoms with Gasteiger partial charge in [0.25, 0.3) is 11.5 Å². The Bertz CT molecular complexity index is 1600. The fourth-order valence-corrected chi connectivity index (χ4v) is 4.97. The van der Waals surface area contributed by atoms with Gasteiger partial charge in [-0.25, -0.2) is 9.37 Å². The molecule has 1 N–H and O–H groups in total.